The van der Waals surface area contributed by atoms with Gasteiger partial charge in [0.2, 0.25) is 0 Å². The van der Waals surface area contributed by atoms with E-state index in [1.165, 1.54) is 0 Å². The van der Waals surface area contributed by atoms with Crippen LogP contribution in [0.2, 0.25) is 0 Å². The first-order valence-electron chi connectivity index (χ1n) is 13.3. The molecule has 0 heterocycles. The summed E-state index contributed by atoms with van der Waals surface area (Å²) < 4.78 is 0. The molecule has 0 amide bonds. The van der Waals surface area contributed by atoms with E-state index in [1.807, 2.05) is 0 Å². The molecule has 5 heteroatoms. The number of aliphatic hydroxyl groups excluding tert-OH is 3. The van der Waals surface area contributed by atoms with Crippen molar-refractivity contribution in [2.45, 2.75) is 110 Å². The summed E-state index contributed by atoms with van der Waals surface area (Å²) in [7, 11) is 0. The van der Waals surface area contributed by atoms with E-state index in [4.69, 9.17) is 5.11 Å². The van der Waals surface area contributed by atoms with Crippen molar-refractivity contribution < 1.29 is 25.2 Å². The molecule has 4 aliphatic rings. The van der Waals surface area contributed by atoms with Crippen LogP contribution in [0.15, 0.2) is 0 Å². The number of aliphatic hydroxyl groups is 3. The summed E-state index contributed by atoms with van der Waals surface area (Å²) in [5, 5.41) is 42.9. The lowest BCUT2D eigenvalue weighted by molar-refractivity contribution is -0.235. The average molecular weight is 451 g/mol. The topological polar surface area (TPSA) is 98.0 Å². The molecule has 0 spiro atoms. The monoisotopic (exact) mass is 450 g/mol. The molecule has 4 N–H and O–H groups in total. The Labute approximate surface area is 194 Å². The fourth-order valence-corrected chi connectivity index (χ4v) is 9.82. The van der Waals surface area contributed by atoms with E-state index >= 15 is 0 Å². The minimum Gasteiger partial charge on any atom is -0.481 e. The predicted molar refractivity (Wildman–Crippen MR) is 124 cm³/mol. The van der Waals surface area contributed by atoms with Gasteiger partial charge in [0.05, 0.1) is 18.3 Å². The first-order valence-corrected chi connectivity index (χ1v) is 13.3. The van der Waals surface area contributed by atoms with Crippen LogP contribution in [0.3, 0.4) is 0 Å². The van der Waals surface area contributed by atoms with Gasteiger partial charge in [0.25, 0.3) is 0 Å². The van der Waals surface area contributed by atoms with Crippen molar-refractivity contribution >= 4 is 5.97 Å². The zero-order valence-corrected chi connectivity index (χ0v) is 20.5. The number of carboxylic acids is 1. The van der Waals surface area contributed by atoms with Gasteiger partial charge in [-0.05, 0) is 104 Å². The maximum Gasteiger partial charge on any atom is 0.303 e. The molecule has 32 heavy (non-hydrogen) atoms. The largest absolute Gasteiger partial charge is 0.481 e. The Bertz CT molecular complexity index is 696. The Morgan fingerprint density at radius 2 is 1.78 bits per heavy atom. The maximum absolute atomic E-state index is 11.8. The molecule has 0 aromatic heterocycles. The van der Waals surface area contributed by atoms with Crippen molar-refractivity contribution in [3.63, 3.8) is 0 Å². The van der Waals surface area contributed by atoms with Gasteiger partial charge in [-0.25, -0.2) is 0 Å². The number of carboxylic acid groups (broad SMARTS) is 1. The Kier molecular flexibility index (Phi) is 6.77. The fourth-order valence-electron chi connectivity index (χ4n) is 9.82. The summed E-state index contributed by atoms with van der Waals surface area (Å²) in [6.45, 7) is 9.15. The highest BCUT2D eigenvalue weighted by Gasteiger charge is 2.67. The van der Waals surface area contributed by atoms with Crippen LogP contribution in [0, 0.1) is 52.3 Å². The van der Waals surface area contributed by atoms with E-state index in [1.54, 1.807) is 0 Å². The molecule has 0 bridgehead atoms. The Balaban J connectivity index is 1.62. The van der Waals surface area contributed by atoms with Crippen LogP contribution in [0.1, 0.15) is 91.9 Å². The van der Waals surface area contributed by atoms with Crippen molar-refractivity contribution in [1.29, 1.82) is 0 Å². The number of carbonyl (C=O) groups is 1. The minimum atomic E-state index is -0.722. The zero-order valence-electron chi connectivity index (χ0n) is 20.5. The molecule has 0 aromatic rings. The minimum absolute atomic E-state index is 0.000127. The van der Waals surface area contributed by atoms with Crippen molar-refractivity contribution in [2.75, 3.05) is 0 Å². The molecule has 4 unspecified atom stereocenters. The van der Waals surface area contributed by atoms with Crippen LogP contribution < -0.4 is 0 Å². The molecule has 0 aliphatic heterocycles. The van der Waals surface area contributed by atoms with Gasteiger partial charge < -0.3 is 20.4 Å². The number of hydrogen-bond acceptors (Lipinski definition) is 4. The van der Waals surface area contributed by atoms with Crippen molar-refractivity contribution in [2.24, 2.45) is 52.3 Å². The van der Waals surface area contributed by atoms with Crippen LogP contribution in [-0.2, 0) is 4.79 Å². The van der Waals surface area contributed by atoms with Crippen LogP contribution >= 0.6 is 0 Å². The van der Waals surface area contributed by atoms with Gasteiger partial charge in [0, 0.05) is 6.42 Å². The number of hydrogen-bond donors (Lipinski definition) is 4. The molecule has 4 fully saturated rings. The molecule has 0 radical (unpaired) electrons. The molecule has 0 saturated heterocycles. The second-order valence-corrected chi connectivity index (χ2v) is 12.5. The predicted octanol–water partition coefficient (Wildman–Crippen LogP) is 4.47. The van der Waals surface area contributed by atoms with E-state index in [2.05, 4.69) is 27.7 Å². The normalized spacial score (nSPS) is 51.4. The van der Waals surface area contributed by atoms with Crippen LogP contribution in [0.4, 0.5) is 0 Å². The van der Waals surface area contributed by atoms with Gasteiger partial charge in [0.1, 0.15) is 0 Å². The lowest BCUT2D eigenvalue weighted by Gasteiger charge is -2.66. The second-order valence-electron chi connectivity index (χ2n) is 12.5. The third kappa shape index (κ3) is 3.75. The molecule has 4 rings (SSSR count). The lowest BCUT2D eigenvalue weighted by Crippen LogP contribution is -2.65. The van der Waals surface area contributed by atoms with Crippen LogP contribution in [0.25, 0.3) is 0 Å². The molecule has 12 atom stereocenters. The van der Waals surface area contributed by atoms with E-state index in [0.29, 0.717) is 24.2 Å². The summed E-state index contributed by atoms with van der Waals surface area (Å²) in [4.78, 5) is 11.0. The van der Waals surface area contributed by atoms with Gasteiger partial charge in [0.15, 0.2) is 0 Å². The molecule has 5 nitrogen and oxygen atoms in total. The highest BCUT2D eigenvalue weighted by atomic mass is 16.4. The average Bonchev–Trinajstić information content (AvgIpc) is 3.05. The Hall–Kier alpha value is -0.650. The first-order chi connectivity index (χ1) is 15.0. The number of fused-ring (bicyclic) bond motifs is 5. The van der Waals surface area contributed by atoms with E-state index in [-0.39, 0.29) is 47.0 Å². The first kappa shape index (κ1) is 24.5. The maximum atomic E-state index is 11.8. The summed E-state index contributed by atoms with van der Waals surface area (Å²) in [5.74, 6) is 1.30. The highest BCUT2D eigenvalue weighted by molar-refractivity contribution is 5.66. The van der Waals surface area contributed by atoms with E-state index in [9.17, 15) is 20.1 Å². The molecule has 4 saturated carbocycles. The molecule has 0 aromatic carbocycles. The lowest BCUT2D eigenvalue weighted by atomic mass is 9.40. The highest BCUT2D eigenvalue weighted by Crippen LogP contribution is 2.69. The van der Waals surface area contributed by atoms with Crippen molar-refractivity contribution in [1.82, 2.24) is 0 Å². The number of rotatable bonds is 6. The standard InChI is InChI=1S/C27H46O5/c1-5-17-20-13-16(28)11-12-26(20,3)24-21(29)14-27(4)18(15(2)7-6-8-22(30)31)9-10-19(27)23(24)25(17)32/h15-21,23-25,28-29,32H,5-14H2,1-4H3,(H,30,31)/t15-,16-,17-,18?,19?,20+,21+,23?,24?,25-,26+,27-/m1/s1. The van der Waals surface area contributed by atoms with Crippen molar-refractivity contribution in [3.05, 3.63) is 0 Å². The second kappa shape index (κ2) is 8.85. The molecular weight excluding hydrogens is 404 g/mol. The summed E-state index contributed by atoms with van der Waals surface area (Å²) in [6.07, 6.45) is 7.21. The van der Waals surface area contributed by atoms with Gasteiger partial charge in [-0.3, -0.25) is 4.79 Å². The molecule has 4 aliphatic carbocycles. The van der Waals surface area contributed by atoms with E-state index < -0.39 is 18.2 Å². The van der Waals surface area contributed by atoms with Crippen molar-refractivity contribution in [3.8, 4) is 0 Å². The van der Waals surface area contributed by atoms with Crippen LogP contribution in [-0.4, -0.2) is 44.7 Å². The number of aliphatic carboxylic acids is 1. The van der Waals surface area contributed by atoms with Gasteiger partial charge in [-0.15, -0.1) is 0 Å². The quantitative estimate of drug-likeness (QED) is 0.478. The fraction of sp³-hybridized carbons (Fsp3) is 0.963. The molecule has 184 valence electrons. The summed E-state index contributed by atoms with van der Waals surface area (Å²) in [6, 6.07) is 0. The van der Waals surface area contributed by atoms with Crippen LogP contribution in [0.5, 0.6) is 0 Å². The van der Waals surface area contributed by atoms with E-state index in [0.717, 1.165) is 51.4 Å². The Morgan fingerprint density at radius 3 is 2.44 bits per heavy atom. The Morgan fingerprint density at radius 1 is 1.06 bits per heavy atom. The third-order valence-electron chi connectivity index (χ3n) is 11.1. The summed E-state index contributed by atoms with van der Waals surface area (Å²) >= 11 is 0. The molecular formula is C27H46O5. The summed E-state index contributed by atoms with van der Waals surface area (Å²) in [5.41, 5.74) is -0.0182. The SMILES string of the molecule is CC[C@H]1[C@@H](O)C2C3CCC([C@H](C)CCCC(=O)O)[C@@]3(C)C[C@H](O)C2[C@@]2(C)CC[C@@H](O)C[C@@H]12. The van der Waals surface area contributed by atoms with Gasteiger partial charge in [-0.2, -0.15) is 0 Å². The van der Waals surface area contributed by atoms with Gasteiger partial charge >= 0.3 is 5.97 Å². The third-order valence-corrected chi connectivity index (χ3v) is 11.1. The smallest absolute Gasteiger partial charge is 0.303 e. The zero-order chi connectivity index (χ0) is 23.4. The van der Waals surface area contributed by atoms with Gasteiger partial charge in [-0.1, -0.05) is 34.1 Å².